The lowest BCUT2D eigenvalue weighted by Crippen LogP contribution is -2.43. The zero-order valence-corrected chi connectivity index (χ0v) is 19.0. The molecule has 33 heavy (non-hydrogen) atoms. The van der Waals surface area contributed by atoms with E-state index in [1.54, 1.807) is 12.1 Å². The summed E-state index contributed by atoms with van der Waals surface area (Å²) in [4.78, 5) is 13.4. The molecular formula is C29H29NO3. The minimum Gasteiger partial charge on any atom is -0.508 e. The lowest BCUT2D eigenvalue weighted by atomic mass is 9.84. The highest BCUT2D eigenvalue weighted by Crippen LogP contribution is 2.45. The minimum absolute atomic E-state index is 0.00679. The van der Waals surface area contributed by atoms with Crippen molar-refractivity contribution in [3.63, 3.8) is 0 Å². The van der Waals surface area contributed by atoms with Crippen LogP contribution >= 0.6 is 0 Å². The van der Waals surface area contributed by atoms with Crippen molar-refractivity contribution in [3.8, 4) is 5.75 Å². The summed E-state index contributed by atoms with van der Waals surface area (Å²) in [5.41, 5.74) is 8.35. The van der Waals surface area contributed by atoms with Crippen molar-refractivity contribution in [1.82, 2.24) is 0 Å². The molecule has 2 aliphatic rings. The van der Waals surface area contributed by atoms with Crippen LogP contribution in [0.4, 0.5) is 5.69 Å². The molecular weight excluding hydrogens is 410 g/mol. The number of hydrogen-bond donors (Lipinski definition) is 2. The summed E-state index contributed by atoms with van der Waals surface area (Å²) in [7, 11) is 0. The number of carbonyl (C=O) groups is 1. The van der Waals surface area contributed by atoms with Crippen LogP contribution in [0.5, 0.6) is 5.75 Å². The van der Waals surface area contributed by atoms with Crippen molar-refractivity contribution in [1.29, 1.82) is 0 Å². The number of hydrogen-bond acceptors (Lipinski definition) is 3. The van der Waals surface area contributed by atoms with Crippen molar-refractivity contribution in [3.05, 3.63) is 100 Å². The third-order valence-electron chi connectivity index (χ3n) is 6.91. The number of carboxylic acid groups (broad SMARTS) is 1. The lowest BCUT2D eigenvalue weighted by Gasteiger charge is -2.44. The Hall–Kier alpha value is -3.53. The first kappa shape index (κ1) is 21.3. The zero-order valence-electron chi connectivity index (χ0n) is 19.0. The van der Waals surface area contributed by atoms with Crippen LogP contribution in [-0.4, -0.2) is 22.2 Å². The van der Waals surface area contributed by atoms with Gasteiger partial charge in [-0.2, -0.15) is 0 Å². The van der Waals surface area contributed by atoms with Crippen LogP contribution in [0.1, 0.15) is 65.1 Å². The van der Waals surface area contributed by atoms with Gasteiger partial charge in [0, 0.05) is 17.8 Å². The summed E-state index contributed by atoms with van der Waals surface area (Å²) < 4.78 is 0. The van der Waals surface area contributed by atoms with Gasteiger partial charge in [-0.15, -0.1) is 0 Å². The van der Waals surface area contributed by atoms with E-state index < -0.39 is 5.97 Å². The molecule has 1 aliphatic carbocycles. The van der Waals surface area contributed by atoms with Crippen molar-refractivity contribution in [2.75, 3.05) is 4.90 Å². The van der Waals surface area contributed by atoms with Gasteiger partial charge in [0.25, 0.3) is 0 Å². The van der Waals surface area contributed by atoms with E-state index in [9.17, 15) is 9.90 Å². The minimum atomic E-state index is -0.954. The van der Waals surface area contributed by atoms with Gasteiger partial charge in [0.1, 0.15) is 5.75 Å². The second-order valence-corrected chi connectivity index (χ2v) is 9.40. The molecule has 4 heteroatoms. The summed E-state index contributed by atoms with van der Waals surface area (Å²) in [5.74, 6) is 0.0694. The standard InChI is InChI=1S/C29H29NO3/c1-18-15-23(21-8-9-21)10-13-27(18)30-19(2)16-24-17-25(31)11-12-26(24)29(30)22-6-3-20(4-7-22)5-14-28(32)33/h3-7,10-15,17,19,21,29,31H,8-9,16H2,1-2H3,(H,32,33)/t19-,29-/m1/s1. The number of aryl methyl sites for hydroxylation is 1. The van der Waals surface area contributed by atoms with Crippen molar-refractivity contribution >= 4 is 17.7 Å². The fourth-order valence-electron chi connectivity index (χ4n) is 5.17. The van der Waals surface area contributed by atoms with Gasteiger partial charge >= 0.3 is 5.97 Å². The number of fused-ring (bicyclic) bond motifs is 1. The van der Waals surface area contributed by atoms with E-state index in [4.69, 9.17) is 5.11 Å². The second-order valence-electron chi connectivity index (χ2n) is 9.40. The SMILES string of the molecule is Cc1cc(C2CC2)ccc1N1[C@H](c2ccc(C=CC(=O)O)cc2)c2ccc(O)cc2C[C@H]1C. The third-order valence-corrected chi connectivity index (χ3v) is 6.91. The molecule has 5 rings (SSSR count). The molecule has 1 heterocycles. The van der Waals surface area contributed by atoms with Crippen molar-refractivity contribution in [2.24, 2.45) is 0 Å². The van der Waals surface area contributed by atoms with Crippen molar-refractivity contribution in [2.45, 2.75) is 51.1 Å². The summed E-state index contributed by atoms with van der Waals surface area (Å²) in [6.45, 7) is 4.45. The summed E-state index contributed by atoms with van der Waals surface area (Å²) in [5, 5.41) is 19.0. The van der Waals surface area contributed by atoms with Gasteiger partial charge in [-0.3, -0.25) is 0 Å². The molecule has 3 aromatic carbocycles. The number of phenolic OH excluding ortho intramolecular Hbond substituents is 1. The molecule has 1 saturated carbocycles. The Morgan fingerprint density at radius 1 is 1.00 bits per heavy atom. The van der Waals surface area contributed by atoms with Gasteiger partial charge in [0.05, 0.1) is 6.04 Å². The quantitative estimate of drug-likeness (QED) is 0.464. The first-order valence-corrected chi connectivity index (χ1v) is 11.6. The van der Waals surface area contributed by atoms with Gasteiger partial charge in [-0.05, 0) is 96.7 Å². The Bertz CT molecular complexity index is 1220. The predicted octanol–water partition coefficient (Wildman–Crippen LogP) is 6.22. The molecule has 1 fully saturated rings. The van der Waals surface area contributed by atoms with E-state index in [-0.39, 0.29) is 12.1 Å². The van der Waals surface area contributed by atoms with Gasteiger partial charge in [0.15, 0.2) is 0 Å². The largest absolute Gasteiger partial charge is 0.508 e. The highest BCUT2D eigenvalue weighted by molar-refractivity contribution is 5.85. The van der Waals surface area contributed by atoms with E-state index >= 15 is 0 Å². The molecule has 2 N–H and O–H groups in total. The summed E-state index contributed by atoms with van der Waals surface area (Å²) in [6.07, 6.45) is 6.22. The van der Waals surface area contributed by atoms with Gasteiger partial charge < -0.3 is 15.1 Å². The molecule has 0 spiro atoms. The number of rotatable bonds is 5. The monoisotopic (exact) mass is 439 g/mol. The maximum Gasteiger partial charge on any atom is 0.328 e. The van der Waals surface area contributed by atoms with E-state index in [2.05, 4.69) is 49.1 Å². The number of nitrogens with zero attached hydrogens (tertiary/aromatic N) is 1. The molecule has 2 atom stereocenters. The Morgan fingerprint density at radius 2 is 1.73 bits per heavy atom. The van der Waals surface area contributed by atoms with Crippen LogP contribution in [0, 0.1) is 6.92 Å². The number of aromatic hydroxyl groups is 1. The highest BCUT2D eigenvalue weighted by Gasteiger charge is 2.34. The normalized spacial score (nSPS) is 20.1. The molecule has 0 amide bonds. The number of benzene rings is 3. The summed E-state index contributed by atoms with van der Waals surface area (Å²) in [6, 6.07) is 21.0. The predicted molar refractivity (Wildman–Crippen MR) is 132 cm³/mol. The first-order valence-electron chi connectivity index (χ1n) is 11.6. The van der Waals surface area contributed by atoms with Gasteiger partial charge in [-0.25, -0.2) is 4.79 Å². The second kappa shape index (κ2) is 8.43. The Labute approximate surface area is 194 Å². The zero-order chi connectivity index (χ0) is 23.1. The topological polar surface area (TPSA) is 60.8 Å². The maximum absolute atomic E-state index is 10.9. The van der Waals surface area contributed by atoms with E-state index in [1.807, 2.05) is 24.3 Å². The molecule has 0 saturated heterocycles. The fourth-order valence-corrected chi connectivity index (χ4v) is 5.17. The molecule has 0 bridgehead atoms. The molecule has 0 unspecified atom stereocenters. The van der Waals surface area contributed by atoms with E-state index in [1.165, 1.54) is 40.8 Å². The van der Waals surface area contributed by atoms with Crippen LogP contribution in [0.25, 0.3) is 6.08 Å². The van der Waals surface area contributed by atoms with Crippen LogP contribution in [0.2, 0.25) is 0 Å². The maximum atomic E-state index is 10.9. The molecule has 0 aromatic heterocycles. The van der Waals surface area contributed by atoms with Crippen LogP contribution in [0.3, 0.4) is 0 Å². The molecule has 0 radical (unpaired) electrons. The average molecular weight is 440 g/mol. The van der Waals surface area contributed by atoms with Gasteiger partial charge in [0.2, 0.25) is 0 Å². The summed E-state index contributed by atoms with van der Waals surface area (Å²) >= 11 is 0. The van der Waals surface area contributed by atoms with Gasteiger partial charge in [-0.1, -0.05) is 42.5 Å². The average Bonchev–Trinajstić information content (AvgIpc) is 3.63. The Morgan fingerprint density at radius 3 is 2.39 bits per heavy atom. The van der Waals surface area contributed by atoms with Crippen molar-refractivity contribution < 1.29 is 15.0 Å². The number of aliphatic carboxylic acids is 1. The Kier molecular flexibility index (Phi) is 5.45. The molecule has 4 nitrogen and oxygen atoms in total. The van der Waals surface area contributed by atoms with E-state index in [0.29, 0.717) is 5.75 Å². The van der Waals surface area contributed by atoms with E-state index in [0.717, 1.165) is 29.5 Å². The lowest BCUT2D eigenvalue weighted by molar-refractivity contribution is -0.131. The molecule has 168 valence electrons. The van der Waals surface area contributed by atoms with Crippen LogP contribution in [-0.2, 0) is 11.2 Å². The number of phenols is 1. The molecule has 1 aliphatic heterocycles. The van der Waals surface area contributed by atoms with Crippen LogP contribution in [0.15, 0.2) is 66.7 Å². The number of carboxylic acids is 1. The fraction of sp³-hybridized carbons (Fsp3) is 0.276. The first-order chi connectivity index (χ1) is 15.9. The third kappa shape index (κ3) is 4.25. The smallest absolute Gasteiger partial charge is 0.328 e. The Balaban J connectivity index is 1.60. The number of anilines is 1. The highest BCUT2D eigenvalue weighted by atomic mass is 16.4. The molecule has 3 aromatic rings. The van der Waals surface area contributed by atoms with Crippen LogP contribution < -0.4 is 4.90 Å².